The minimum atomic E-state index is -0.472. The van der Waals surface area contributed by atoms with Crippen molar-refractivity contribution in [2.45, 2.75) is 0 Å². The van der Waals surface area contributed by atoms with Gasteiger partial charge in [0.25, 0.3) is 5.89 Å². The van der Waals surface area contributed by atoms with Gasteiger partial charge in [0.2, 0.25) is 5.89 Å². The van der Waals surface area contributed by atoms with E-state index in [1.165, 1.54) is 7.11 Å². The first kappa shape index (κ1) is 15.4. The van der Waals surface area contributed by atoms with E-state index in [2.05, 4.69) is 9.97 Å². The zero-order valence-corrected chi connectivity index (χ0v) is 14.1. The van der Waals surface area contributed by atoms with Crippen molar-refractivity contribution in [2.75, 3.05) is 7.11 Å². The Morgan fingerprint density at radius 1 is 0.889 bits per heavy atom. The lowest BCUT2D eigenvalue weighted by Gasteiger charge is -1.97. The van der Waals surface area contributed by atoms with Crippen molar-refractivity contribution in [3.63, 3.8) is 0 Å². The molecule has 3 heterocycles. The number of furan rings is 1. The molecule has 3 aromatic heterocycles. The number of oxazole rings is 2. The Balaban J connectivity index is 1.70. The van der Waals surface area contributed by atoms with Gasteiger partial charge in [-0.15, -0.1) is 0 Å². The van der Waals surface area contributed by atoms with Gasteiger partial charge in [0, 0.05) is 0 Å². The second-order valence-electron chi connectivity index (χ2n) is 5.81. The number of methoxy groups -OCH3 is 1. The Labute approximate surface area is 152 Å². The van der Waals surface area contributed by atoms with E-state index in [9.17, 15) is 4.79 Å². The van der Waals surface area contributed by atoms with Gasteiger partial charge >= 0.3 is 5.97 Å². The zero-order chi connectivity index (χ0) is 18.4. The molecule has 5 rings (SSSR count). The number of benzene rings is 2. The Kier molecular flexibility index (Phi) is 3.33. The third-order valence-electron chi connectivity index (χ3n) is 4.21. The Hall–Kier alpha value is -3.87. The van der Waals surface area contributed by atoms with Crippen LogP contribution in [0.2, 0.25) is 0 Å². The Morgan fingerprint density at radius 3 is 2.41 bits per heavy atom. The second-order valence-corrected chi connectivity index (χ2v) is 5.81. The van der Waals surface area contributed by atoms with E-state index in [0.717, 1.165) is 0 Å². The summed E-state index contributed by atoms with van der Waals surface area (Å²) in [5, 5.41) is 0. The molecule has 0 fully saturated rings. The highest BCUT2D eigenvalue weighted by Gasteiger charge is 2.20. The van der Waals surface area contributed by atoms with Crippen molar-refractivity contribution in [3.05, 3.63) is 60.4 Å². The molecule has 132 valence electrons. The summed E-state index contributed by atoms with van der Waals surface area (Å²) in [6.45, 7) is 0. The van der Waals surface area contributed by atoms with Crippen molar-refractivity contribution >= 4 is 28.2 Å². The SMILES string of the molecule is COC(=O)c1cccc2oc(-c3cccc4oc(-c5ccco5)nc34)nc12. The van der Waals surface area contributed by atoms with Crippen LogP contribution in [0.5, 0.6) is 0 Å². The molecule has 7 heteroatoms. The number of carbonyl (C=O) groups is 1. The maximum Gasteiger partial charge on any atom is 0.340 e. The number of nitrogens with zero attached hydrogens (tertiary/aromatic N) is 2. The molecule has 7 nitrogen and oxygen atoms in total. The average molecular weight is 360 g/mol. The second kappa shape index (κ2) is 5.84. The summed E-state index contributed by atoms with van der Waals surface area (Å²) in [5.74, 6) is 0.767. The predicted molar refractivity (Wildman–Crippen MR) is 96.1 cm³/mol. The normalized spacial score (nSPS) is 11.3. The molecule has 0 spiro atoms. The summed E-state index contributed by atoms with van der Waals surface area (Å²) < 4.78 is 21.8. The van der Waals surface area contributed by atoms with Crippen LogP contribution in [-0.4, -0.2) is 23.0 Å². The van der Waals surface area contributed by atoms with Crippen LogP contribution in [0, 0.1) is 0 Å². The predicted octanol–water partition coefficient (Wildman–Crippen LogP) is 4.68. The molecular weight excluding hydrogens is 348 g/mol. The van der Waals surface area contributed by atoms with Crippen LogP contribution in [0.25, 0.3) is 45.3 Å². The summed E-state index contributed by atoms with van der Waals surface area (Å²) in [6.07, 6.45) is 1.56. The standard InChI is InChI=1S/C20H12N2O5/c1-24-20(23)12-6-3-8-14-17(12)21-18(26-14)11-5-2-7-13-16(11)22-19(27-13)15-9-4-10-25-15/h2-10H,1H3. The molecule has 0 unspecified atom stereocenters. The molecule has 0 aliphatic carbocycles. The molecule has 2 aromatic carbocycles. The molecule has 0 aliphatic rings. The fraction of sp³-hybridized carbons (Fsp3) is 0.0500. The molecule has 0 bridgehead atoms. The zero-order valence-electron chi connectivity index (χ0n) is 14.1. The first-order chi connectivity index (χ1) is 13.2. The maximum absolute atomic E-state index is 12.0. The topological polar surface area (TPSA) is 91.5 Å². The smallest absolute Gasteiger partial charge is 0.340 e. The van der Waals surface area contributed by atoms with Crippen molar-refractivity contribution < 1.29 is 22.8 Å². The van der Waals surface area contributed by atoms with E-state index in [4.69, 9.17) is 18.0 Å². The maximum atomic E-state index is 12.0. The number of carbonyl (C=O) groups excluding carboxylic acids is 1. The third-order valence-corrected chi connectivity index (χ3v) is 4.21. The van der Waals surface area contributed by atoms with E-state index in [1.807, 2.05) is 12.1 Å². The largest absolute Gasteiger partial charge is 0.465 e. The van der Waals surface area contributed by atoms with E-state index in [0.29, 0.717) is 50.9 Å². The third kappa shape index (κ3) is 2.40. The number of para-hydroxylation sites is 2. The summed E-state index contributed by atoms with van der Waals surface area (Å²) in [6, 6.07) is 14.1. The summed E-state index contributed by atoms with van der Waals surface area (Å²) in [4.78, 5) is 21.0. The fourth-order valence-corrected chi connectivity index (χ4v) is 2.97. The van der Waals surface area contributed by atoms with Crippen molar-refractivity contribution in [1.82, 2.24) is 9.97 Å². The van der Waals surface area contributed by atoms with E-state index in [-0.39, 0.29) is 0 Å². The molecule has 0 saturated heterocycles. The first-order valence-electron chi connectivity index (χ1n) is 8.16. The monoisotopic (exact) mass is 360 g/mol. The van der Waals surface area contributed by atoms with Gasteiger partial charge in [0.05, 0.1) is 24.5 Å². The molecule has 27 heavy (non-hydrogen) atoms. The van der Waals surface area contributed by atoms with Crippen molar-refractivity contribution in [3.8, 4) is 23.1 Å². The first-order valence-corrected chi connectivity index (χ1v) is 8.16. The number of ether oxygens (including phenoxy) is 1. The number of esters is 1. The molecule has 0 amide bonds. The number of hydrogen-bond donors (Lipinski definition) is 0. The highest BCUT2D eigenvalue weighted by Crippen LogP contribution is 2.33. The molecule has 0 radical (unpaired) electrons. The number of aromatic nitrogens is 2. The highest BCUT2D eigenvalue weighted by molar-refractivity contribution is 6.02. The van der Waals surface area contributed by atoms with E-state index >= 15 is 0 Å². The van der Waals surface area contributed by atoms with Crippen LogP contribution in [-0.2, 0) is 4.74 Å². The van der Waals surface area contributed by atoms with Gasteiger partial charge in [-0.1, -0.05) is 12.1 Å². The van der Waals surface area contributed by atoms with Crippen LogP contribution in [0.1, 0.15) is 10.4 Å². The average Bonchev–Trinajstić information content (AvgIpc) is 3.44. The fourth-order valence-electron chi connectivity index (χ4n) is 2.97. The minimum absolute atomic E-state index is 0.339. The Morgan fingerprint density at radius 2 is 1.63 bits per heavy atom. The van der Waals surface area contributed by atoms with Crippen LogP contribution in [0.4, 0.5) is 0 Å². The lowest BCUT2D eigenvalue weighted by Crippen LogP contribution is -2.01. The minimum Gasteiger partial charge on any atom is -0.465 e. The lowest BCUT2D eigenvalue weighted by atomic mass is 10.2. The van der Waals surface area contributed by atoms with Crippen LogP contribution >= 0.6 is 0 Å². The van der Waals surface area contributed by atoms with Gasteiger partial charge in [-0.2, -0.15) is 0 Å². The van der Waals surface area contributed by atoms with Crippen LogP contribution in [0.3, 0.4) is 0 Å². The number of rotatable bonds is 3. The van der Waals surface area contributed by atoms with Gasteiger partial charge in [0.1, 0.15) is 11.0 Å². The Bertz CT molecular complexity index is 1280. The lowest BCUT2D eigenvalue weighted by molar-refractivity contribution is 0.0602. The van der Waals surface area contributed by atoms with Crippen LogP contribution < -0.4 is 0 Å². The molecule has 0 saturated carbocycles. The summed E-state index contributed by atoms with van der Waals surface area (Å²) in [7, 11) is 1.33. The summed E-state index contributed by atoms with van der Waals surface area (Å²) in [5.41, 5.74) is 3.09. The van der Waals surface area contributed by atoms with Gasteiger partial charge in [-0.05, 0) is 36.4 Å². The van der Waals surface area contributed by atoms with Gasteiger partial charge in [-0.25, -0.2) is 14.8 Å². The molecule has 5 aromatic rings. The molecular formula is C20H12N2O5. The number of hydrogen-bond acceptors (Lipinski definition) is 7. The summed E-state index contributed by atoms with van der Waals surface area (Å²) >= 11 is 0. The van der Waals surface area contributed by atoms with Gasteiger partial charge in [-0.3, -0.25) is 0 Å². The van der Waals surface area contributed by atoms with Crippen molar-refractivity contribution in [1.29, 1.82) is 0 Å². The van der Waals surface area contributed by atoms with E-state index < -0.39 is 5.97 Å². The van der Waals surface area contributed by atoms with Crippen molar-refractivity contribution in [2.24, 2.45) is 0 Å². The molecule has 0 aliphatic heterocycles. The van der Waals surface area contributed by atoms with E-state index in [1.54, 1.807) is 42.7 Å². The quantitative estimate of drug-likeness (QED) is 0.431. The van der Waals surface area contributed by atoms with Gasteiger partial charge < -0.3 is 18.0 Å². The molecule has 0 atom stereocenters. The van der Waals surface area contributed by atoms with Gasteiger partial charge in [0.15, 0.2) is 16.9 Å². The number of fused-ring (bicyclic) bond motifs is 2. The highest BCUT2D eigenvalue weighted by atomic mass is 16.5. The molecule has 0 N–H and O–H groups in total. The van der Waals surface area contributed by atoms with Crippen LogP contribution in [0.15, 0.2) is 68.0 Å².